The van der Waals surface area contributed by atoms with Gasteiger partial charge in [-0.15, -0.1) is 11.3 Å². The van der Waals surface area contributed by atoms with Crippen molar-refractivity contribution in [1.29, 1.82) is 0 Å². The SMILES string of the molecule is COc1ccccc1NCc1sccc1N. The Morgan fingerprint density at radius 2 is 2.12 bits per heavy atom. The van der Waals surface area contributed by atoms with Crippen molar-refractivity contribution in [2.75, 3.05) is 18.2 Å². The van der Waals surface area contributed by atoms with Gasteiger partial charge in [0.25, 0.3) is 0 Å². The first kappa shape index (κ1) is 10.8. The summed E-state index contributed by atoms with van der Waals surface area (Å²) in [6.07, 6.45) is 0. The van der Waals surface area contributed by atoms with Gasteiger partial charge in [-0.25, -0.2) is 0 Å². The van der Waals surface area contributed by atoms with Crippen LogP contribution in [0.1, 0.15) is 4.88 Å². The molecule has 0 bridgehead atoms. The Labute approximate surface area is 98.9 Å². The van der Waals surface area contributed by atoms with Gasteiger partial charge in [0.2, 0.25) is 0 Å². The van der Waals surface area contributed by atoms with Gasteiger partial charge in [0.05, 0.1) is 19.3 Å². The van der Waals surface area contributed by atoms with Gasteiger partial charge in [0.1, 0.15) is 5.75 Å². The van der Waals surface area contributed by atoms with Crippen molar-refractivity contribution >= 4 is 22.7 Å². The van der Waals surface area contributed by atoms with E-state index in [9.17, 15) is 0 Å². The highest BCUT2D eigenvalue weighted by molar-refractivity contribution is 7.10. The number of benzene rings is 1. The molecule has 1 aromatic carbocycles. The number of nitrogens with two attached hydrogens (primary N) is 1. The Bertz CT molecular complexity index is 468. The molecule has 2 rings (SSSR count). The largest absolute Gasteiger partial charge is 0.495 e. The highest BCUT2D eigenvalue weighted by atomic mass is 32.1. The number of para-hydroxylation sites is 2. The first-order valence-electron chi connectivity index (χ1n) is 5.00. The van der Waals surface area contributed by atoms with Crippen LogP contribution in [0.2, 0.25) is 0 Å². The summed E-state index contributed by atoms with van der Waals surface area (Å²) >= 11 is 1.65. The van der Waals surface area contributed by atoms with Crippen molar-refractivity contribution in [2.45, 2.75) is 6.54 Å². The molecule has 0 amide bonds. The number of hydrogen-bond acceptors (Lipinski definition) is 4. The average molecular weight is 234 g/mol. The molecule has 4 heteroatoms. The summed E-state index contributed by atoms with van der Waals surface area (Å²) in [5.41, 5.74) is 7.64. The summed E-state index contributed by atoms with van der Waals surface area (Å²) in [4.78, 5) is 1.14. The molecule has 0 fully saturated rings. The number of nitrogen functional groups attached to an aromatic ring is 1. The van der Waals surface area contributed by atoms with Crippen molar-refractivity contribution in [3.8, 4) is 5.75 Å². The fourth-order valence-corrected chi connectivity index (χ4v) is 2.20. The topological polar surface area (TPSA) is 47.3 Å². The van der Waals surface area contributed by atoms with Gasteiger partial charge in [-0.1, -0.05) is 12.1 Å². The number of thiophene rings is 1. The van der Waals surface area contributed by atoms with Gasteiger partial charge in [-0.3, -0.25) is 0 Å². The zero-order valence-corrected chi connectivity index (χ0v) is 9.88. The monoisotopic (exact) mass is 234 g/mol. The maximum Gasteiger partial charge on any atom is 0.141 e. The zero-order valence-electron chi connectivity index (χ0n) is 9.07. The van der Waals surface area contributed by atoms with Crippen LogP contribution >= 0.6 is 11.3 Å². The average Bonchev–Trinajstić information content (AvgIpc) is 2.72. The summed E-state index contributed by atoms with van der Waals surface area (Å²) in [6.45, 7) is 0.726. The van der Waals surface area contributed by atoms with E-state index >= 15 is 0 Å². The molecule has 1 heterocycles. The van der Waals surface area contributed by atoms with E-state index in [-0.39, 0.29) is 0 Å². The van der Waals surface area contributed by atoms with E-state index in [4.69, 9.17) is 10.5 Å². The van der Waals surface area contributed by atoms with Crippen LogP contribution in [-0.2, 0) is 6.54 Å². The zero-order chi connectivity index (χ0) is 11.4. The van der Waals surface area contributed by atoms with Gasteiger partial charge in [-0.2, -0.15) is 0 Å². The van der Waals surface area contributed by atoms with Gasteiger partial charge in [0.15, 0.2) is 0 Å². The van der Waals surface area contributed by atoms with Crippen LogP contribution in [0.4, 0.5) is 11.4 Å². The number of hydrogen-bond donors (Lipinski definition) is 2. The molecule has 3 nitrogen and oxygen atoms in total. The van der Waals surface area contributed by atoms with E-state index in [2.05, 4.69) is 5.32 Å². The molecule has 0 radical (unpaired) electrons. The highest BCUT2D eigenvalue weighted by Gasteiger charge is 2.03. The van der Waals surface area contributed by atoms with Crippen molar-refractivity contribution in [3.63, 3.8) is 0 Å². The van der Waals surface area contributed by atoms with Crippen LogP contribution in [0.3, 0.4) is 0 Å². The van der Waals surface area contributed by atoms with Gasteiger partial charge in [-0.05, 0) is 23.6 Å². The van der Waals surface area contributed by atoms with Gasteiger partial charge >= 0.3 is 0 Å². The second-order valence-electron chi connectivity index (χ2n) is 3.35. The summed E-state index contributed by atoms with van der Waals surface area (Å²) in [5.74, 6) is 0.845. The Balaban J connectivity index is 2.07. The standard InChI is InChI=1S/C12H14N2OS/c1-15-11-5-3-2-4-10(11)14-8-12-9(13)6-7-16-12/h2-7,14H,8,13H2,1H3. The molecule has 0 atom stereocenters. The highest BCUT2D eigenvalue weighted by Crippen LogP contribution is 2.25. The second kappa shape index (κ2) is 4.90. The van der Waals surface area contributed by atoms with Crippen LogP contribution < -0.4 is 15.8 Å². The maximum absolute atomic E-state index is 5.81. The minimum absolute atomic E-state index is 0.726. The van der Waals surface area contributed by atoms with Crippen LogP contribution in [0, 0.1) is 0 Å². The molecule has 0 aliphatic heterocycles. The van der Waals surface area contributed by atoms with E-state index in [0.717, 1.165) is 28.5 Å². The van der Waals surface area contributed by atoms with E-state index < -0.39 is 0 Å². The first-order valence-corrected chi connectivity index (χ1v) is 5.88. The summed E-state index contributed by atoms with van der Waals surface area (Å²) in [7, 11) is 1.67. The molecule has 1 aromatic heterocycles. The molecule has 0 saturated heterocycles. The smallest absolute Gasteiger partial charge is 0.141 e. The Morgan fingerprint density at radius 1 is 1.31 bits per heavy atom. The molecular weight excluding hydrogens is 220 g/mol. The maximum atomic E-state index is 5.81. The van der Waals surface area contributed by atoms with Crippen molar-refractivity contribution in [3.05, 3.63) is 40.6 Å². The van der Waals surface area contributed by atoms with Crippen molar-refractivity contribution in [2.24, 2.45) is 0 Å². The summed E-state index contributed by atoms with van der Waals surface area (Å²) in [6, 6.07) is 9.76. The normalized spacial score (nSPS) is 10.1. The Hall–Kier alpha value is -1.68. The minimum atomic E-state index is 0.726. The van der Waals surface area contributed by atoms with Crippen LogP contribution in [0.25, 0.3) is 0 Å². The molecule has 0 aliphatic rings. The summed E-state index contributed by atoms with van der Waals surface area (Å²) in [5, 5.41) is 5.31. The molecule has 0 aliphatic carbocycles. The third kappa shape index (κ3) is 2.28. The van der Waals surface area contributed by atoms with E-state index in [1.807, 2.05) is 35.7 Å². The van der Waals surface area contributed by atoms with Crippen LogP contribution in [0.5, 0.6) is 5.75 Å². The van der Waals surface area contributed by atoms with E-state index in [1.165, 1.54) is 0 Å². The third-order valence-corrected chi connectivity index (χ3v) is 3.26. The number of anilines is 2. The number of nitrogens with one attached hydrogen (secondary N) is 1. The molecule has 0 unspecified atom stereocenters. The minimum Gasteiger partial charge on any atom is -0.495 e. The lowest BCUT2D eigenvalue weighted by molar-refractivity contribution is 0.416. The fraction of sp³-hybridized carbons (Fsp3) is 0.167. The lowest BCUT2D eigenvalue weighted by Crippen LogP contribution is -2.01. The van der Waals surface area contributed by atoms with E-state index in [1.54, 1.807) is 18.4 Å². The predicted octanol–water partition coefficient (Wildman–Crippen LogP) is 2.95. The number of ether oxygens (including phenoxy) is 1. The molecular formula is C12H14N2OS. The Morgan fingerprint density at radius 3 is 2.81 bits per heavy atom. The summed E-state index contributed by atoms with van der Waals surface area (Å²) < 4.78 is 5.26. The van der Waals surface area contributed by atoms with Gasteiger partial charge in [0, 0.05) is 10.6 Å². The lowest BCUT2D eigenvalue weighted by atomic mass is 10.3. The van der Waals surface area contributed by atoms with Crippen LogP contribution in [-0.4, -0.2) is 7.11 Å². The van der Waals surface area contributed by atoms with E-state index in [0.29, 0.717) is 0 Å². The quantitative estimate of drug-likeness (QED) is 0.855. The van der Waals surface area contributed by atoms with Crippen molar-refractivity contribution < 1.29 is 4.74 Å². The third-order valence-electron chi connectivity index (χ3n) is 2.33. The molecule has 0 saturated carbocycles. The first-order chi connectivity index (χ1) is 7.81. The second-order valence-corrected chi connectivity index (χ2v) is 4.35. The molecule has 16 heavy (non-hydrogen) atoms. The lowest BCUT2D eigenvalue weighted by Gasteiger charge is -2.10. The predicted molar refractivity (Wildman–Crippen MR) is 69.1 cm³/mol. The van der Waals surface area contributed by atoms with Crippen LogP contribution in [0.15, 0.2) is 35.7 Å². The number of methoxy groups -OCH3 is 1. The fourth-order valence-electron chi connectivity index (χ4n) is 1.46. The molecule has 0 spiro atoms. The molecule has 3 N–H and O–H groups in total. The molecule has 84 valence electrons. The van der Waals surface area contributed by atoms with Gasteiger partial charge < -0.3 is 15.8 Å². The Kier molecular flexibility index (Phi) is 3.31. The van der Waals surface area contributed by atoms with Crippen molar-refractivity contribution in [1.82, 2.24) is 0 Å². The molecule has 2 aromatic rings. The number of rotatable bonds is 4.